The first-order valence-electron chi connectivity index (χ1n) is 4.62. The maximum absolute atomic E-state index is 6.09. The van der Waals surface area contributed by atoms with Gasteiger partial charge in [-0.1, -0.05) is 30.7 Å². The predicted octanol–water partition coefficient (Wildman–Crippen LogP) is 3.71. The molecular weight excluding hydrogens is 196 g/mol. The molecule has 76 valence electrons. The van der Waals surface area contributed by atoms with Crippen LogP contribution in [-0.2, 0) is 6.42 Å². The maximum Gasteiger partial charge on any atom is 0.120 e. The summed E-state index contributed by atoms with van der Waals surface area (Å²) in [6, 6.07) is 5.77. The lowest BCUT2D eigenvalue weighted by Gasteiger charge is -2.09. The molecule has 0 saturated heterocycles. The lowest BCUT2D eigenvalue weighted by atomic mass is 10.0. The molecule has 1 rings (SSSR count). The smallest absolute Gasteiger partial charge is 0.120 e. The molecule has 14 heavy (non-hydrogen) atoms. The average Bonchev–Trinajstić information content (AvgIpc) is 2.20. The van der Waals surface area contributed by atoms with Crippen LogP contribution >= 0.6 is 11.6 Å². The summed E-state index contributed by atoms with van der Waals surface area (Å²) in [4.78, 5) is 0. The summed E-state index contributed by atoms with van der Waals surface area (Å²) >= 11 is 6.09. The molecule has 0 aliphatic rings. The van der Waals surface area contributed by atoms with Crippen molar-refractivity contribution in [2.24, 2.45) is 5.92 Å². The Balaban J connectivity index is 2.83. The molecular formula is C12H15ClO. The highest BCUT2D eigenvalue weighted by Gasteiger charge is 2.04. The molecule has 0 aliphatic heterocycles. The highest BCUT2D eigenvalue weighted by atomic mass is 35.5. The van der Waals surface area contributed by atoms with Crippen LogP contribution in [0.15, 0.2) is 30.9 Å². The van der Waals surface area contributed by atoms with Gasteiger partial charge in [0.2, 0.25) is 0 Å². The molecule has 1 unspecified atom stereocenters. The van der Waals surface area contributed by atoms with Crippen LogP contribution in [0.25, 0.3) is 0 Å². The van der Waals surface area contributed by atoms with E-state index >= 15 is 0 Å². The van der Waals surface area contributed by atoms with Gasteiger partial charge in [0.05, 0.1) is 7.11 Å². The lowest BCUT2D eigenvalue weighted by Crippen LogP contribution is -1.96. The van der Waals surface area contributed by atoms with Crippen molar-refractivity contribution >= 4 is 11.6 Å². The summed E-state index contributed by atoms with van der Waals surface area (Å²) < 4.78 is 5.08. The molecule has 1 nitrogen and oxygen atoms in total. The van der Waals surface area contributed by atoms with E-state index in [1.807, 2.05) is 24.3 Å². The van der Waals surface area contributed by atoms with Crippen LogP contribution in [0.2, 0.25) is 5.02 Å². The van der Waals surface area contributed by atoms with E-state index in [1.165, 1.54) is 0 Å². The normalized spacial score (nSPS) is 12.2. The Bertz CT molecular complexity index is 320. The molecule has 0 bridgehead atoms. The van der Waals surface area contributed by atoms with E-state index in [9.17, 15) is 0 Å². The largest absolute Gasteiger partial charge is 0.497 e. The zero-order valence-corrected chi connectivity index (χ0v) is 9.34. The fourth-order valence-corrected chi connectivity index (χ4v) is 1.50. The van der Waals surface area contributed by atoms with Gasteiger partial charge in [-0.3, -0.25) is 0 Å². The van der Waals surface area contributed by atoms with Crippen LogP contribution in [0.1, 0.15) is 12.5 Å². The first kappa shape index (κ1) is 11.1. The molecule has 1 atom stereocenters. The summed E-state index contributed by atoms with van der Waals surface area (Å²) in [6.45, 7) is 5.87. The fourth-order valence-electron chi connectivity index (χ4n) is 1.25. The summed E-state index contributed by atoms with van der Waals surface area (Å²) in [5.41, 5.74) is 1.14. The van der Waals surface area contributed by atoms with Crippen molar-refractivity contribution in [3.05, 3.63) is 41.4 Å². The van der Waals surface area contributed by atoms with Crippen LogP contribution in [-0.4, -0.2) is 7.11 Å². The first-order valence-corrected chi connectivity index (χ1v) is 5.00. The van der Waals surface area contributed by atoms with Crippen LogP contribution in [0.3, 0.4) is 0 Å². The molecule has 0 aromatic heterocycles. The molecule has 0 fully saturated rings. The van der Waals surface area contributed by atoms with E-state index in [-0.39, 0.29) is 0 Å². The van der Waals surface area contributed by atoms with Gasteiger partial charge < -0.3 is 4.74 Å². The SMILES string of the molecule is C=CC(C)Cc1ccc(OC)cc1Cl. The van der Waals surface area contributed by atoms with Crippen LogP contribution in [0, 0.1) is 5.92 Å². The second kappa shape index (κ2) is 5.06. The van der Waals surface area contributed by atoms with Gasteiger partial charge >= 0.3 is 0 Å². The van der Waals surface area contributed by atoms with E-state index in [4.69, 9.17) is 16.3 Å². The van der Waals surface area contributed by atoms with Crippen molar-refractivity contribution < 1.29 is 4.74 Å². The van der Waals surface area contributed by atoms with Crippen LogP contribution < -0.4 is 4.74 Å². The Morgan fingerprint density at radius 2 is 2.29 bits per heavy atom. The third-order valence-electron chi connectivity index (χ3n) is 2.20. The van der Waals surface area contributed by atoms with Gasteiger partial charge in [0.15, 0.2) is 0 Å². The minimum absolute atomic E-state index is 0.445. The van der Waals surface area contributed by atoms with Crippen molar-refractivity contribution in [3.63, 3.8) is 0 Å². The van der Waals surface area contributed by atoms with Crippen molar-refractivity contribution in [1.29, 1.82) is 0 Å². The lowest BCUT2D eigenvalue weighted by molar-refractivity contribution is 0.414. The zero-order valence-electron chi connectivity index (χ0n) is 8.59. The zero-order chi connectivity index (χ0) is 10.6. The van der Waals surface area contributed by atoms with E-state index in [0.717, 1.165) is 22.8 Å². The number of benzene rings is 1. The summed E-state index contributed by atoms with van der Waals surface area (Å²) in [7, 11) is 1.64. The van der Waals surface area contributed by atoms with E-state index in [2.05, 4.69) is 13.5 Å². The van der Waals surface area contributed by atoms with E-state index < -0.39 is 0 Å². The van der Waals surface area contributed by atoms with Gasteiger partial charge in [-0.25, -0.2) is 0 Å². The van der Waals surface area contributed by atoms with Gasteiger partial charge in [0.1, 0.15) is 5.75 Å². The van der Waals surface area contributed by atoms with Crippen LogP contribution in [0.5, 0.6) is 5.75 Å². The molecule has 0 saturated carbocycles. The van der Waals surface area contributed by atoms with Crippen molar-refractivity contribution in [3.8, 4) is 5.75 Å². The monoisotopic (exact) mass is 210 g/mol. The predicted molar refractivity (Wildman–Crippen MR) is 61.1 cm³/mol. The minimum Gasteiger partial charge on any atom is -0.497 e. The molecule has 1 aromatic rings. The number of methoxy groups -OCH3 is 1. The van der Waals surface area contributed by atoms with Gasteiger partial charge in [-0.05, 0) is 30.0 Å². The maximum atomic E-state index is 6.09. The standard InChI is InChI=1S/C12H15ClO/c1-4-9(2)7-10-5-6-11(14-3)8-12(10)13/h4-6,8-9H,1,7H2,2-3H3. The van der Waals surface area contributed by atoms with Gasteiger partial charge in [-0.15, -0.1) is 6.58 Å². The molecule has 0 radical (unpaired) electrons. The number of hydrogen-bond donors (Lipinski definition) is 0. The second-order valence-corrected chi connectivity index (χ2v) is 3.78. The summed E-state index contributed by atoms with van der Waals surface area (Å²) in [5.74, 6) is 1.24. The van der Waals surface area contributed by atoms with Crippen molar-refractivity contribution in [2.75, 3.05) is 7.11 Å². The highest BCUT2D eigenvalue weighted by Crippen LogP contribution is 2.24. The molecule has 2 heteroatoms. The Hall–Kier alpha value is -0.950. The number of ether oxygens (including phenoxy) is 1. The van der Waals surface area contributed by atoms with Crippen molar-refractivity contribution in [1.82, 2.24) is 0 Å². The first-order chi connectivity index (χ1) is 6.67. The average molecular weight is 211 g/mol. The fraction of sp³-hybridized carbons (Fsp3) is 0.333. The van der Waals surface area contributed by atoms with Gasteiger partial charge in [0, 0.05) is 5.02 Å². The van der Waals surface area contributed by atoms with Crippen LogP contribution in [0.4, 0.5) is 0 Å². The molecule has 0 heterocycles. The number of allylic oxidation sites excluding steroid dienone is 1. The third kappa shape index (κ3) is 2.78. The Morgan fingerprint density at radius 1 is 1.57 bits per heavy atom. The van der Waals surface area contributed by atoms with Gasteiger partial charge in [-0.2, -0.15) is 0 Å². The van der Waals surface area contributed by atoms with E-state index in [1.54, 1.807) is 7.11 Å². The summed E-state index contributed by atoms with van der Waals surface area (Å²) in [5, 5.41) is 0.762. The molecule has 0 aliphatic carbocycles. The topological polar surface area (TPSA) is 9.23 Å². The third-order valence-corrected chi connectivity index (χ3v) is 2.56. The molecule has 1 aromatic carbocycles. The molecule has 0 spiro atoms. The second-order valence-electron chi connectivity index (χ2n) is 3.37. The Morgan fingerprint density at radius 3 is 2.79 bits per heavy atom. The van der Waals surface area contributed by atoms with E-state index in [0.29, 0.717) is 5.92 Å². The Labute approximate surface area is 90.3 Å². The number of rotatable bonds is 4. The Kier molecular flexibility index (Phi) is 4.02. The van der Waals surface area contributed by atoms with Crippen molar-refractivity contribution in [2.45, 2.75) is 13.3 Å². The quantitative estimate of drug-likeness (QED) is 0.689. The number of hydrogen-bond acceptors (Lipinski definition) is 1. The van der Waals surface area contributed by atoms with Gasteiger partial charge in [0.25, 0.3) is 0 Å². The minimum atomic E-state index is 0.445. The number of halogens is 1. The summed E-state index contributed by atoms with van der Waals surface area (Å²) in [6.07, 6.45) is 2.85. The highest BCUT2D eigenvalue weighted by molar-refractivity contribution is 6.31. The molecule has 0 amide bonds. The molecule has 0 N–H and O–H groups in total.